The highest BCUT2D eigenvalue weighted by Gasteiger charge is 2.10. The van der Waals surface area contributed by atoms with Crippen molar-refractivity contribution in [1.82, 2.24) is 0 Å². The van der Waals surface area contributed by atoms with Crippen molar-refractivity contribution in [3.05, 3.63) is 32.7 Å². The number of hydrogen-bond donors (Lipinski definition) is 0. The number of nitriles is 1. The summed E-state index contributed by atoms with van der Waals surface area (Å²) in [5.74, 6) is 0.916. The summed E-state index contributed by atoms with van der Waals surface area (Å²) in [5, 5.41) is 12.8. The molecule has 10 heteroatoms. The second-order valence-corrected chi connectivity index (χ2v) is 7.56. The van der Waals surface area contributed by atoms with Crippen LogP contribution in [0.2, 0.25) is 10.0 Å². The molecule has 29 heavy (non-hydrogen) atoms. The van der Waals surface area contributed by atoms with Gasteiger partial charge in [-0.1, -0.05) is 51.6 Å². The van der Waals surface area contributed by atoms with E-state index in [0.717, 1.165) is 19.3 Å². The molecular formula is C19H22Cl4N2O4. The highest BCUT2D eigenvalue weighted by molar-refractivity contribution is 6.55. The zero-order valence-corrected chi connectivity index (χ0v) is 19.0. The smallest absolute Gasteiger partial charge is 0.202 e. The summed E-state index contributed by atoms with van der Waals surface area (Å²) >= 11 is 23.5. The lowest BCUT2D eigenvalue weighted by Gasteiger charge is -2.12. The van der Waals surface area contributed by atoms with Crippen molar-refractivity contribution >= 4 is 52.1 Å². The number of oxime groups is 1. The molecular weight excluding hydrogens is 462 g/mol. The fourth-order valence-corrected chi connectivity index (χ4v) is 2.74. The molecule has 1 aromatic carbocycles. The van der Waals surface area contributed by atoms with Crippen molar-refractivity contribution in [1.29, 1.82) is 5.26 Å². The monoisotopic (exact) mass is 482 g/mol. The van der Waals surface area contributed by atoms with Crippen LogP contribution in [0.3, 0.4) is 0 Å². The van der Waals surface area contributed by atoms with E-state index in [1.54, 1.807) is 19.1 Å². The first-order chi connectivity index (χ1) is 13.9. The Morgan fingerprint density at radius 1 is 1.10 bits per heavy atom. The Hall–Kier alpha value is -1.36. The fraction of sp³-hybridized carbons (Fsp3) is 0.474. The van der Waals surface area contributed by atoms with Crippen LogP contribution in [0, 0.1) is 11.3 Å². The Morgan fingerprint density at radius 2 is 1.79 bits per heavy atom. The summed E-state index contributed by atoms with van der Waals surface area (Å²) in [7, 11) is 0. The summed E-state index contributed by atoms with van der Waals surface area (Å²) in [4.78, 5) is 4.74. The average molecular weight is 484 g/mol. The molecule has 0 aliphatic rings. The number of benzene rings is 1. The molecule has 0 N–H and O–H groups in total. The Labute approximate surface area is 190 Å². The summed E-state index contributed by atoms with van der Waals surface area (Å²) < 4.78 is 16.7. The zero-order valence-electron chi connectivity index (χ0n) is 15.9. The summed E-state index contributed by atoms with van der Waals surface area (Å²) in [6.45, 7) is 3.36. The number of nitrogens with zero attached hydrogens (tertiary/aromatic N) is 2. The van der Waals surface area contributed by atoms with Crippen LogP contribution in [0.15, 0.2) is 27.9 Å². The third-order valence-corrected chi connectivity index (χ3v) is 4.17. The highest BCUT2D eigenvalue weighted by atomic mass is 35.5. The van der Waals surface area contributed by atoms with Crippen molar-refractivity contribution in [2.45, 2.75) is 26.2 Å². The number of rotatable bonds is 14. The Bertz CT molecular complexity index is 708. The Kier molecular flexibility index (Phi) is 13.7. The Morgan fingerprint density at radius 3 is 2.45 bits per heavy atom. The van der Waals surface area contributed by atoms with Gasteiger partial charge in [-0.3, -0.25) is 0 Å². The maximum absolute atomic E-state index is 8.34. The molecule has 0 saturated carbocycles. The topological polar surface area (TPSA) is 73.1 Å². The van der Waals surface area contributed by atoms with Gasteiger partial charge in [0.2, 0.25) is 6.61 Å². The minimum atomic E-state index is -0.0681. The quantitative estimate of drug-likeness (QED) is 0.179. The van der Waals surface area contributed by atoms with Crippen LogP contribution in [0.5, 0.6) is 11.5 Å². The SMILES string of the molecule is CC(COCCCCCOc1c(Cl)cc(OCC=C(Cl)Cl)cc1Cl)=NOCC#N. The van der Waals surface area contributed by atoms with E-state index >= 15 is 0 Å². The minimum absolute atomic E-state index is 0.0681. The van der Waals surface area contributed by atoms with Crippen molar-refractivity contribution in [2.75, 3.05) is 33.0 Å². The van der Waals surface area contributed by atoms with E-state index in [1.807, 2.05) is 6.07 Å². The molecule has 0 saturated heterocycles. The molecule has 0 aliphatic carbocycles. The van der Waals surface area contributed by atoms with Crippen molar-refractivity contribution < 1.29 is 19.0 Å². The van der Waals surface area contributed by atoms with Gasteiger partial charge < -0.3 is 19.0 Å². The number of ether oxygens (including phenoxy) is 3. The minimum Gasteiger partial charge on any atom is -0.490 e. The van der Waals surface area contributed by atoms with E-state index in [-0.39, 0.29) is 17.7 Å². The summed E-state index contributed by atoms with van der Waals surface area (Å²) in [6, 6.07) is 5.08. The van der Waals surface area contributed by atoms with Gasteiger partial charge in [0.05, 0.1) is 29.0 Å². The lowest BCUT2D eigenvalue weighted by atomic mass is 10.2. The second-order valence-electron chi connectivity index (χ2n) is 5.74. The lowest BCUT2D eigenvalue weighted by molar-refractivity contribution is 0.149. The molecule has 0 heterocycles. The van der Waals surface area contributed by atoms with Gasteiger partial charge in [-0.15, -0.1) is 0 Å². The largest absolute Gasteiger partial charge is 0.490 e. The molecule has 0 fully saturated rings. The zero-order chi connectivity index (χ0) is 21.5. The van der Waals surface area contributed by atoms with Gasteiger partial charge >= 0.3 is 0 Å². The number of hydrogen-bond acceptors (Lipinski definition) is 6. The predicted molar refractivity (Wildman–Crippen MR) is 117 cm³/mol. The molecule has 0 aromatic heterocycles. The molecule has 0 bridgehead atoms. The fourth-order valence-electron chi connectivity index (χ4n) is 2.03. The molecule has 1 rings (SSSR count). The van der Waals surface area contributed by atoms with Crippen LogP contribution in [0.25, 0.3) is 0 Å². The van der Waals surface area contributed by atoms with E-state index in [0.29, 0.717) is 47.1 Å². The molecule has 0 atom stereocenters. The first-order valence-electron chi connectivity index (χ1n) is 8.80. The number of halogens is 4. The number of unbranched alkanes of at least 4 members (excludes halogenated alkanes) is 2. The van der Waals surface area contributed by atoms with Crippen LogP contribution >= 0.6 is 46.4 Å². The maximum Gasteiger partial charge on any atom is 0.202 e. The van der Waals surface area contributed by atoms with E-state index in [4.69, 9.17) is 70.7 Å². The average Bonchev–Trinajstić information content (AvgIpc) is 2.65. The second kappa shape index (κ2) is 15.5. The normalized spacial score (nSPS) is 11.0. The van der Waals surface area contributed by atoms with Crippen molar-refractivity contribution in [3.63, 3.8) is 0 Å². The summed E-state index contributed by atoms with van der Waals surface area (Å²) in [5.41, 5.74) is 0.682. The van der Waals surface area contributed by atoms with E-state index in [9.17, 15) is 0 Å². The van der Waals surface area contributed by atoms with Gasteiger partial charge in [0.15, 0.2) is 5.75 Å². The molecule has 160 valence electrons. The summed E-state index contributed by atoms with van der Waals surface area (Å²) in [6.07, 6.45) is 4.13. The van der Waals surface area contributed by atoms with Gasteiger partial charge in [0.1, 0.15) is 22.9 Å². The van der Waals surface area contributed by atoms with Gasteiger partial charge in [-0.05, 0) is 32.3 Å². The maximum atomic E-state index is 8.34. The van der Waals surface area contributed by atoms with Crippen molar-refractivity contribution in [3.8, 4) is 17.6 Å². The predicted octanol–water partition coefficient (Wildman–Crippen LogP) is 6.17. The van der Waals surface area contributed by atoms with Crippen LogP contribution in [0.4, 0.5) is 0 Å². The first-order valence-corrected chi connectivity index (χ1v) is 10.3. The van der Waals surface area contributed by atoms with Gasteiger partial charge in [-0.2, -0.15) is 5.26 Å². The standard InChI is InChI=1S/C19H22Cl4N2O4/c1-14(25-29-10-6-24)13-26-7-3-2-4-8-28-19-16(20)11-15(12-17(19)21)27-9-5-18(22)23/h5,11-12H,2-4,7-10,13H2,1H3. The van der Waals surface area contributed by atoms with Gasteiger partial charge in [0, 0.05) is 18.7 Å². The van der Waals surface area contributed by atoms with E-state index < -0.39 is 0 Å². The third-order valence-electron chi connectivity index (χ3n) is 3.30. The van der Waals surface area contributed by atoms with E-state index in [1.165, 1.54) is 6.08 Å². The van der Waals surface area contributed by atoms with Gasteiger partial charge in [0.25, 0.3) is 0 Å². The van der Waals surface area contributed by atoms with Crippen LogP contribution in [0.1, 0.15) is 26.2 Å². The molecule has 0 unspecified atom stereocenters. The lowest BCUT2D eigenvalue weighted by Crippen LogP contribution is -2.07. The molecule has 0 aliphatic heterocycles. The van der Waals surface area contributed by atoms with Gasteiger partial charge in [-0.25, -0.2) is 0 Å². The third kappa shape index (κ3) is 12.0. The highest BCUT2D eigenvalue weighted by Crippen LogP contribution is 2.37. The first kappa shape index (κ1) is 25.7. The van der Waals surface area contributed by atoms with Crippen LogP contribution in [-0.4, -0.2) is 38.7 Å². The molecule has 0 amide bonds. The molecule has 1 aromatic rings. The Balaban J connectivity index is 2.23. The van der Waals surface area contributed by atoms with Crippen molar-refractivity contribution in [2.24, 2.45) is 5.16 Å². The molecule has 0 spiro atoms. The molecule has 0 radical (unpaired) electrons. The van der Waals surface area contributed by atoms with Crippen LogP contribution < -0.4 is 9.47 Å². The molecule has 6 nitrogen and oxygen atoms in total. The van der Waals surface area contributed by atoms with E-state index in [2.05, 4.69) is 5.16 Å². The van der Waals surface area contributed by atoms with Crippen LogP contribution in [-0.2, 0) is 9.57 Å².